The normalized spacial score (nSPS) is 39.1. The van der Waals surface area contributed by atoms with E-state index >= 15 is 0 Å². The lowest BCUT2D eigenvalue weighted by Crippen LogP contribution is -2.25. The smallest absolute Gasteiger partial charge is 0.308 e. The third-order valence-electron chi connectivity index (χ3n) is 2.73. The zero-order valence-corrected chi connectivity index (χ0v) is 9.36. The van der Waals surface area contributed by atoms with Gasteiger partial charge in [0.05, 0.1) is 12.8 Å². The Bertz CT molecular complexity index is 334. The molecule has 2 rings (SSSR count). The van der Waals surface area contributed by atoms with Gasteiger partial charge in [-0.05, 0) is 13.8 Å². The molecule has 88 valence electrons. The molecule has 0 amide bonds. The summed E-state index contributed by atoms with van der Waals surface area (Å²) in [6.07, 6.45) is 1.73. The highest BCUT2D eigenvalue weighted by atomic mass is 16.6. The first kappa shape index (κ1) is 11.0. The van der Waals surface area contributed by atoms with Crippen molar-refractivity contribution in [2.45, 2.75) is 51.0 Å². The van der Waals surface area contributed by atoms with Gasteiger partial charge in [-0.2, -0.15) is 0 Å². The maximum Gasteiger partial charge on any atom is 0.308 e. The van der Waals surface area contributed by atoms with Crippen LogP contribution in [0, 0.1) is 0 Å². The Morgan fingerprint density at radius 1 is 0.938 bits per heavy atom. The summed E-state index contributed by atoms with van der Waals surface area (Å²) in [5.74, 6) is -0.537. The van der Waals surface area contributed by atoms with Gasteiger partial charge in [0.25, 0.3) is 0 Å². The number of hydrogen-bond donors (Lipinski definition) is 0. The molecule has 2 aliphatic rings. The number of ether oxygens (including phenoxy) is 2. The highest BCUT2D eigenvalue weighted by Gasteiger charge is 2.40. The van der Waals surface area contributed by atoms with Crippen molar-refractivity contribution < 1.29 is 19.1 Å². The van der Waals surface area contributed by atoms with Crippen molar-refractivity contribution in [1.82, 2.24) is 0 Å². The molecule has 0 spiro atoms. The topological polar surface area (TPSA) is 77.3 Å². The van der Waals surface area contributed by atoms with Gasteiger partial charge in [-0.25, -0.2) is 0 Å². The number of nitrogens with zero attached hydrogens (tertiary/aromatic N) is 2. The van der Waals surface area contributed by atoms with Crippen molar-refractivity contribution in [1.29, 1.82) is 0 Å². The van der Waals surface area contributed by atoms with Crippen LogP contribution in [0.4, 0.5) is 0 Å². The molecule has 0 saturated carbocycles. The summed E-state index contributed by atoms with van der Waals surface area (Å²) in [7, 11) is 0. The number of cyclic esters (lactones) is 2. The van der Waals surface area contributed by atoms with Crippen molar-refractivity contribution in [2.24, 2.45) is 10.2 Å². The Labute approximate surface area is 93.0 Å². The van der Waals surface area contributed by atoms with Crippen LogP contribution in [0.3, 0.4) is 0 Å². The van der Waals surface area contributed by atoms with E-state index in [-0.39, 0.29) is 11.9 Å². The Hall–Kier alpha value is -1.46. The van der Waals surface area contributed by atoms with Gasteiger partial charge >= 0.3 is 11.9 Å². The lowest BCUT2D eigenvalue weighted by atomic mass is 10.2. The molecular weight excluding hydrogens is 212 g/mol. The van der Waals surface area contributed by atoms with Gasteiger partial charge in [0.2, 0.25) is 11.4 Å². The van der Waals surface area contributed by atoms with Crippen molar-refractivity contribution in [2.75, 3.05) is 0 Å². The molecule has 0 aromatic carbocycles. The van der Waals surface area contributed by atoms with Crippen LogP contribution in [0.25, 0.3) is 0 Å². The summed E-state index contributed by atoms with van der Waals surface area (Å²) < 4.78 is 10.1. The molecule has 2 saturated heterocycles. The largest absolute Gasteiger partial charge is 0.436 e. The first-order valence-corrected chi connectivity index (χ1v) is 5.29. The number of esters is 2. The van der Waals surface area contributed by atoms with Crippen molar-refractivity contribution in [3.63, 3.8) is 0 Å². The molecule has 0 bridgehead atoms. The Morgan fingerprint density at radius 2 is 1.31 bits per heavy atom. The zero-order chi connectivity index (χ0) is 11.8. The lowest BCUT2D eigenvalue weighted by Gasteiger charge is -2.20. The van der Waals surface area contributed by atoms with E-state index in [4.69, 9.17) is 9.47 Å². The fraction of sp³-hybridized carbons (Fsp3) is 0.800. The standard InChI is InChI=1S/C10H14N2O4/c1-9(5-3-7(13)15-9)11-12-10(2)6-4-8(14)16-10/h3-6H2,1-2H3. The number of hydrogen-bond acceptors (Lipinski definition) is 6. The molecule has 2 heterocycles. The van der Waals surface area contributed by atoms with E-state index in [9.17, 15) is 9.59 Å². The molecule has 2 unspecified atom stereocenters. The number of carbonyl (C=O) groups excluding carboxylic acids is 2. The lowest BCUT2D eigenvalue weighted by molar-refractivity contribution is -0.150. The van der Waals surface area contributed by atoms with Crippen LogP contribution in [0.5, 0.6) is 0 Å². The molecule has 16 heavy (non-hydrogen) atoms. The highest BCUT2D eigenvalue weighted by Crippen LogP contribution is 2.32. The van der Waals surface area contributed by atoms with Gasteiger partial charge in [0.1, 0.15) is 0 Å². The predicted molar refractivity (Wildman–Crippen MR) is 52.3 cm³/mol. The van der Waals surface area contributed by atoms with Gasteiger partial charge in [-0.1, -0.05) is 0 Å². The summed E-state index contributed by atoms with van der Waals surface area (Å²) in [6, 6.07) is 0. The number of carbonyl (C=O) groups is 2. The third kappa shape index (κ3) is 2.20. The van der Waals surface area contributed by atoms with E-state index in [2.05, 4.69) is 10.2 Å². The quantitative estimate of drug-likeness (QED) is 0.528. The molecule has 0 N–H and O–H groups in total. The molecule has 0 radical (unpaired) electrons. The maximum atomic E-state index is 11.0. The van der Waals surface area contributed by atoms with E-state index in [1.807, 2.05) is 0 Å². The summed E-state index contributed by atoms with van der Waals surface area (Å²) in [5.41, 5.74) is -1.79. The van der Waals surface area contributed by atoms with E-state index in [1.165, 1.54) is 0 Å². The average Bonchev–Trinajstić information content (AvgIpc) is 2.70. The number of rotatable bonds is 2. The fourth-order valence-corrected chi connectivity index (χ4v) is 1.71. The van der Waals surface area contributed by atoms with Crippen molar-refractivity contribution in [3.05, 3.63) is 0 Å². The van der Waals surface area contributed by atoms with E-state index in [0.29, 0.717) is 25.7 Å². The van der Waals surface area contributed by atoms with Gasteiger partial charge in [-0.3, -0.25) is 9.59 Å². The van der Waals surface area contributed by atoms with Crippen LogP contribution in [0.15, 0.2) is 10.2 Å². The Balaban J connectivity index is 2.04. The average molecular weight is 226 g/mol. The minimum atomic E-state index is -0.894. The second-order valence-corrected chi connectivity index (χ2v) is 4.50. The van der Waals surface area contributed by atoms with E-state index in [1.54, 1.807) is 13.8 Å². The SMILES string of the molecule is CC1(N=NC2(C)CCC(=O)O2)CCC(=O)O1. The van der Waals surface area contributed by atoms with Crippen molar-refractivity contribution >= 4 is 11.9 Å². The molecule has 2 fully saturated rings. The maximum absolute atomic E-state index is 11.0. The van der Waals surface area contributed by atoms with Crippen LogP contribution < -0.4 is 0 Å². The summed E-state index contributed by atoms with van der Waals surface area (Å²) in [6.45, 7) is 3.39. The van der Waals surface area contributed by atoms with E-state index < -0.39 is 11.4 Å². The highest BCUT2D eigenvalue weighted by molar-refractivity contribution is 5.72. The third-order valence-corrected chi connectivity index (χ3v) is 2.73. The molecule has 2 aliphatic heterocycles. The second-order valence-electron chi connectivity index (χ2n) is 4.50. The van der Waals surface area contributed by atoms with Gasteiger partial charge in [-0.15, -0.1) is 10.2 Å². The summed E-state index contributed by atoms with van der Waals surface area (Å²) >= 11 is 0. The van der Waals surface area contributed by atoms with Crippen LogP contribution in [-0.4, -0.2) is 23.4 Å². The Kier molecular flexibility index (Phi) is 2.44. The van der Waals surface area contributed by atoms with Crippen molar-refractivity contribution in [3.8, 4) is 0 Å². The minimum Gasteiger partial charge on any atom is -0.436 e. The zero-order valence-electron chi connectivity index (χ0n) is 9.36. The molecule has 0 aliphatic carbocycles. The van der Waals surface area contributed by atoms with Gasteiger partial charge in [0, 0.05) is 12.8 Å². The second kappa shape index (κ2) is 3.54. The monoisotopic (exact) mass is 226 g/mol. The predicted octanol–water partition coefficient (Wildman–Crippen LogP) is 1.54. The van der Waals surface area contributed by atoms with Crippen LogP contribution in [0.1, 0.15) is 39.5 Å². The summed E-state index contributed by atoms with van der Waals surface area (Å²) in [5, 5.41) is 8.00. The van der Waals surface area contributed by atoms with Crippen LogP contribution >= 0.6 is 0 Å². The molecule has 0 aromatic rings. The Morgan fingerprint density at radius 3 is 1.56 bits per heavy atom. The van der Waals surface area contributed by atoms with E-state index in [0.717, 1.165) is 0 Å². The molecule has 6 nitrogen and oxygen atoms in total. The molecule has 6 heteroatoms. The molecule has 0 aromatic heterocycles. The van der Waals surface area contributed by atoms with Gasteiger partial charge in [0.15, 0.2) is 0 Å². The first-order chi connectivity index (χ1) is 7.41. The van der Waals surface area contributed by atoms with Gasteiger partial charge < -0.3 is 9.47 Å². The molecule has 2 atom stereocenters. The van der Waals surface area contributed by atoms with Crippen LogP contribution in [-0.2, 0) is 19.1 Å². The first-order valence-electron chi connectivity index (χ1n) is 5.29. The molecular formula is C10H14N2O4. The van der Waals surface area contributed by atoms with Crippen LogP contribution in [0.2, 0.25) is 0 Å². The minimum absolute atomic E-state index is 0.269. The number of azo groups is 1. The fourth-order valence-electron chi connectivity index (χ4n) is 1.71. The summed E-state index contributed by atoms with van der Waals surface area (Å²) in [4.78, 5) is 22.0.